The van der Waals surface area contributed by atoms with Gasteiger partial charge >= 0.3 is 0 Å². The van der Waals surface area contributed by atoms with Crippen LogP contribution in [-0.2, 0) is 6.54 Å². The summed E-state index contributed by atoms with van der Waals surface area (Å²) in [6.07, 6.45) is 10.2. The van der Waals surface area contributed by atoms with E-state index in [1.54, 1.807) is 0 Å². The molecule has 0 atom stereocenters. The predicted octanol–water partition coefficient (Wildman–Crippen LogP) is 3.31. The first-order chi connectivity index (χ1) is 9.69. The minimum absolute atomic E-state index is 0.714. The molecule has 0 radical (unpaired) electrons. The smallest absolute Gasteiger partial charge is 0.144 e. The zero-order valence-corrected chi connectivity index (χ0v) is 13.1. The molecule has 1 fully saturated rings. The Labute approximate surface area is 123 Å². The van der Waals surface area contributed by atoms with Gasteiger partial charge in [0.2, 0.25) is 0 Å². The number of nitrogens with zero attached hydrogens (tertiary/aromatic N) is 3. The third kappa shape index (κ3) is 4.44. The van der Waals surface area contributed by atoms with Crippen molar-refractivity contribution in [1.82, 2.24) is 14.9 Å². The fourth-order valence-electron chi connectivity index (χ4n) is 2.85. The van der Waals surface area contributed by atoms with Crippen LogP contribution in [0.15, 0.2) is 12.4 Å². The summed E-state index contributed by atoms with van der Waals surface area (Å²) in [6.45, 7) is 6.37. The molecule has 0 spiro atoms. The van der Waals surface area contributed by atoms with Crippen LogP contribution >= 0.6 is 0 Å². The van der Waals surface area contributed by atoms with Gasteiger partial charge in [-0.05, 0) is 45.1 Å². The van der Waals surface area contributed by atoms with Crippen LogP contribution in [0.25, 0.3) is 0 Å². The molecule has 1 heterocycles. The van der Waals surface area contributed by atoms with Crippen molar-refractivity contribution in [3.63, 3.8) is 0 Å². The van der Waals surface area contributed by atoms with Gasteiger partial charge in [-0.2, -0.15) is 0 Å². The molecule has 0 bridgehead atoms. The molecule has 1 aliphatic carbocycles. The van der Waals surface area contributed by atoms with E-state index in [1.807, 2.05) is 12.4 Å². The van der Waals surface area contributed by atoms with E-state index < -0.39 is 0 Å². The number of aromatic nitrogens is 2. The van der Waals surface area contributed by atoms with Crippen LogP contribution < -0.4 is 5.32 Å². The van der Waals surface area contributed by atoms with Gasteiger partial charge in [0.15, 0.2) is 0 Å². The summed E-state index contributed by atoms with van der Waals surface area (Å²) in [4.78, 5) is 11.4. The van der Waals surface area contributed by atoms with E-state index in [9.17, 15) is 0 Å². The normalized spacial score (nSPS) is 23.0. The average Bonchev–Trinajstić information content (AvgIpc) is 2.47. The Morgan fingerprint density at radius 2 is 1.95 bits per heavy atom. The molecule has 0 aromatic carbocycles. The first-order valence-electron chi connectivity index (χ1n) is 7.94. The molecule has 0 amide bonds. The molecule has 1 saturated carbocycles. The minimum Gasteiger partial charge on any atom is -0.369 e. The lowest BCUT2D eigenvalue weighted by Crippen LogP contribution is -2.34. The highest BCUT2D eigenvalue weighted by Crippen LogP contribution is 2.26. The maximum absolute atomic E-state index is 4.51. The van der Waals surface area contributed by atoms with Crippen LogP contribution in [0.3, 0.4) is 0 Å². The van der Waals surface area contributed by atoms with Crippen LogP contribution in [0.1, 0.15) is 51.6 Å². The van der Waals surface area contributed by atoms with E-state index in [4.69, 9.17) is 0 Å². The van der Waals surface area contributed by atoms with Crippen LogP contribution in [0.4, 0.5) is 5.82 Å². The van der Waals surface area contributed by atoms with Crippen molar-refractivity contribution in [1.29, 1.82) is 0 Å². The topological polar surface area (TPSA) is 41.1 Å². The average molecular weight is 276 g/mol. The maximum atomic E-state index is 4.51. The number of nitrogens with one attached hydrogen (secondary N) is 1. The standard InChI is InChI=1S/C16H28N4/c1-4-9-17-16-11-18-14(10-19-16)12-20(3)15-7-5-13(2)6-8-15/h10-11,13,15H,4-9,12H2,1-3H3,(H,17,19). The molecule has 20 heavy (non-hydrogen) atoms. The molecule has 4 heteroatoms. The van der Waals surface area contributed by atoms with Crippen molar-refractivity contribution < 1.29 is 0 Å². The van der Waals surface area contributed by atoms with Gasteiger partial charge in [0.1, 0.15) is 5.82 Å². The zero-order chi connectivity index (χ0) is 14.4. The van der Waals surface area contributed by atoms with E-state index in [-0.39, 0.29) is 0 Å². The molecule has 4 nitrogen and oxygen atoms in total. The summed E-state index contributed by atoms with van der Waals surface area (Å²) in [6, 6.07) is 0.714. The molecule has 1 aromatic heterocycles. The lowest BCUT2D eigenvalue weighted by atomic mass is 9.87. The summed E-state index contributed by atoms with van der Waals surface area (Å²) in [5.74, 6) is 1.79. The van der Waals surface area contributed by atoms with Gasteiger partial charge in [0.05, 0.1) is 18.1 Å². The summed E-state index contributed by atoms with van der Waals surface area (Å²) in [7, 11) is 2.21. The highest BCUT2D eigenvalue weighted by molar-refractivity contribution is 5.30. The molecular weight excluding hydrogens is 248 g/mol. The Hall–Kier alpha value is -1.16. The quantitative estimate of drug-likeness (QED) is 0.865. The summed E-state index contributed by atoms with van der Waals surface area (Å²) in [5, 5.41) is 3.26. The van der Waals surface area contributed by atoms with Gasteiger partial charge in [0.25, 0.3) is 0 Å². The number of anilines is 1. The van der Waals surface area contributed by atoms with Crippen molar-refractivity contribution in [2.24, 2.45) is 5.92 Å². The monoisotopic (exact) mass is 276 g/mol. The highest BCUT2D eigenvalue weighted by atomic mass is 15.1. The number of hydrogen-bond donors (Lipinski definition) is 1. The second-order valence-corrected chi connectivity index (χ2v) is 6.15. The van der Waals surface area contributed by atoms with Gasteiger partial charge < -0.3 is 5.32 Å². The van der Waals surface area contributed by atoms with E-state index >= 15 is 0 Å². The lowest BCUT2D eigenvalue weighted by molar-refractivity contribution is 0.162. The molecule has 0 aliphatic heterocycles. The Morgan fingerprint density at radius 1 is 1.20 bits per heavy atom. The van der Waals surface area contributed by atoms with E-state index in [0.29, 0.717) is 6.04 Å². The van der Waals surface area contributed by atoms with Crippen LogP contribution in [0.5, 0.6) is 0 Å². The van der Waals surface area contributed by atoms with Gasteiger partial charge in [-0.15, -0.1) is 0 Å². The second-order valence-electron chi connectivity index (χ2n) is 6.15. The first-order valence-corrected chi connectivity index (χ1v) is 7.94. The number of hydrogen-bond acceptors (Lipinski definition) is 4. The third-order valence-corrected chi connectivity index (χ3v) is 4.28. The molecule has 1 aliphatic rings. The van der Waals surface area contributed by atoms with Crippen LogP contribution in [0, 0.1) is 5.92 Å². The lowest BCUT2D eigenvalue weighted by Gasteiger charge is -2.33. The summed E-state index contributed by atoms with van der Waals surface area (Å²) >= 11 is 0. The Balaban J connectivity index is 1.83. The van der Waals surface area contributed by atoms with Gasteiger partial charge in [-0.25, -0.2) is 4.98 Å². The Bertz CT molecular complexity index is 382. The molecule has 1 aromatic rings. The van der Waals surface area contributed by atoms with Crippen LogP contribution in [-0.4, -0.2) is 34.5 Å². The van der Waals surface area contributed by atoms with E-state index in [0.717, 1.165) is 36.9 Å². The zero-order valence-electron chi connectivity index (χ0n) is 13.1. The van der Waals surface area contributed by atoms with Crippen molar-refractivity contribution in [2.75, 3.05) is 18.9 Å². The molecular formula is C16H28N4. The molecule has 112 valence electrons. The van der Waals surface area contributed by atoms with Gasteiger partial charge in [0, 0.05) is 19.1 Å². The SMILES string of the molecule is CCCNc1cnc(CN(C)C2CCC(C)CC2)cn1. The minimum atomic E-state index is 0.714. The third-order valence-electron chi connectivity index (χ3n) is 4.28. The van der Waals surface area contributed by atoms with Crippen molar-refractivity contribution in [2.45, 2.75) is 58.5 Å². The fraction of sp³-hybridized carbons (Fsp3) is 0.750. The van der Waals surface area contributed by atoms with Crippen molar-refractivity contribution in [3.05, 3.63) is 18.1 Å². The Kier molecular flexibility index (Phi) is 5.77. The fourth-order valence-corrected chi connectivity index (χ4v) is 2.85. The summed E-state index contributed by atoms with van der Waals surface area (Å²) in [5.41, 5.74) is 1.06. The molecule has 2 rings (SSSR count). The van der Waals surface area contributed by atoms with Gasteiger partial charge in [-0.1, -0.05) is 13.8 Å². The number of rotatable bonds is 6. The van der Waals surface area contributed by atoms with Crippen molar-refractivity contribution in [3.8, 4) is 0 Å². The molecule has 0 unspecified atom stereocenters. The van der Waals surface area contributed by atoms with E-state index in [2.05, 4.69) is 41.1 Å². The summed E-state index contributed by atoms with van der Waals surface area (Å²) < 4.78 is 0. The van der Waals surface area contributed by atoms with Crippen LogP contribution in [0.2, 0.25) is 0 Å². The van der Waals surface area contributed by atoms with E-state index in [1.165, 1.54) is 25.7 Å². The predicted molar refractivity (Wildman–Crippen MR) is 83.7 cm³/mol. The molecule has 1 N–H and O–H groups in total. The largest absolute Gasteiger partial charge is 0.369 e. The van der Waals surface area contributed by atoms with Gasteiger partial charge in [-0.3, -0.25) is 9.88 Å². The Morgan fingerprint density at radius 3 is 2.55 bits per heavy atom. The second kappa shape index (κ2) is 7.58. The van der Waals surface area contributed by atoms with Crippen molar-refractivity contribution >= 4 is 5.82 Å². The first kappa shape index (κ1) is 15.2. The molecule has 0 saturated heterocycles. The highest BCUT2D eigenvalue weighted by Gasteiger charge is 2.21. The maximum Gasteiger partial charge on any atom is 0.144 e.